The molecule has 2 aliphatic rings. The molecule has 5 nitrogen and oxygen atoms in total. The van der Waals surface area contributed by atoms with E-state index < -0.39 is 0 Å². The van der Waals surface area contributed by atoms with Gasteiger partial charge in [0.1, 0.15) is 11.5 Å². The van der Waals surface area contributed by atoms with Gasteiger partial charge in [0.25, 0.3) is 0 Å². The lowest BCUT2D eigenvalue weighted by Crippen LogP contribution is -2.46. The van der Waals surface area contributed by atoms with Crippen LogP contribution in [0.15, 0.2) is 17.3 Å². The van der Waals surface area contributed by atoms with Crippen molar-refractivity contribution < 1.29 is 9.13 Å². The Morgan fingerprint density at radius 1 is 1.19 bits per heavy atom. The standard InChI is InChI=1S/C21H32FN3O2/c1-3-12-27-18-6-4-17(5-7-18)25-10-8-16(9-11-25)23-20-13-15(2)19(22)14-21(20)24-26/h13-14,16-18,23H,3-12H2,1-2H3/t17-,18-. The van der Waals surface area contributed by atoms with Crippen LogP contribution < -0.4 is 5.32 Å². The molecule has 1 saturated carbocycles. The summed E-state index contributed by atoms with van der Waals surface area (Å²) in [4.78, 5) is 13.6. The number of halogens is 1. The first kappa shape index (κ1) is 20.2. The Morgan fingerprint density at radius 2 is 1.89 bits per heavy atom. The average Bonchev–Trinajstić information content (AvgIpc) is 2.70. The van der Waals surface area contributed by atoms with Crippen molar-refractivity contribution in [1.29, 1.82) is 0 Å². The summed E-state index contributed by atoms with van der Waals surface area (Å²) in [6.45, 7) is 6.87. The Balaban J connectivity index is 1.47. The van der Waals surface area contributed by atoms with Crippen LogP contribution in [0.5, 0.6) is 0 Å². The third kappa shape index (κ3) is 5.26. The Labute approximate surface area is 161 Å². The minimum Gasteiger partial charge on any atom is -0.380 e. The summed E-state index contributed by atoms with van der Waals surface area (Å²) < 4.78 is 19.5. The minimum absolute atomic E-state index is 0.158. The number of nitroso groups, excluding NO2 is 1. The van der Waals surface area contributed by atoms with E-state index in [1.807, 2.05) is 0 Å². The normalized spacial score (nSPS) is 24.7. The van der Waals surface area contributed by atoms with Crippen LogP contribution in [0.25, 0.3) is 0 Å². The lowest BCUT2D eigenvalue weighted by Gasteiger charge is -2.41. The van der Waals surface area contributed by atoms with Gasteiger partial charge in [0.15, 0.2) is 0 Å². The van der Waals surface area contributed by atoms with Crippen LogP contribution in [-0.2, 0) is 4.74 Å². The Bertz CT molecular complexity index is 624. The number of aryl methyl sites for hydroxylation is 1. The molecule has 1 heterocycles. The number of anilines is 1. The molecule has 0 atom stereocenters. The lowest BCUT2D eigenvalue weighted by molar-refractivity contribution is 0.00428. The molecule has 150 valence electrons. The van der Waals surface area contributed by atoms with Crippen LogP contribution in [0.4, 0.5) is 15.8 Å². The second-order valence-corrected chi connectivity index (χ2v) is 7.97. The first-order valence-corrected chi connectivity index (χ1v) is 10.4. The maximum absolute atomic E-state index is 13.6. The molecule has 0 unspecified atom stereocenters. The van der Waals surface area contributed by atoms with Crippen LogP contribution in [0.2, 0.25) is 0 Å². The van der Waals surface area contributed by atoms with Crippen molar-refractivity contribution in [2.45, 2.75) is 77.0 Å². The molecular weight excluding hydrogens is 345 g/mol. The van der Waals surface area contributed by atoms with Gasteiger partial charge in [-0.1, -0.05) is 6.92 Å². The molecule has 1 N–H and O–H groups in total. The number of hydrogen-bond donors (Lipinski definition) is 1. The van der Waals surface area contributed by atoms with Crippen molar-refractivity contribution in [3.63, 3.8) is 0 Å². The molecule has 0 radical (unpaired) electrons. The van der Waals surface area contributed by atoms with E-state index in [0.717, 1.165) is 39.0 Å². The van der Waals surface area contributed by atoms with E-state index in [1.165, 1.54) is 31.7 Å². The molecule has 1 aromatic rings. The van der Waals surface area contributed by atoms with Gasteiger partial charge in [-0.3, -0.25) is 0 Å². The molecule has 3 rings (SSSR count). The lowest BCUT2D eigenvalue weighted by atomic mass is 9.90. The van der Waals surface area contributed by atoms with Crippen molar-refractivity contribution >= 4 is 11.4 Å². The molecule has 6 heteroatoms. The largest absolute Gasteiger partial charge is 0.380 e. The summed E-state index contributed by atoms with van der Waals surface area (Å²) in [5.74, 6) is -0.386. The van der Waals surface area contributed by atoms with E-state index in [0.29, 0.717) is 29.4 Å². The quantitative estimate of drug-likeness (QED) is 0.668. The van der Waals surface area contributed by atoms with Crippen LogP contribution in [0.1, 0.15) is 57.4 Å². The van der Waals surface area contributed by atoms with E-state index in [2.05, 4.69) is 22.3 Å². The molecule has 1 aliphatic heterocycles. The predicted octanol–water partition coefficient (Wildman–Crippen LogP) is 5.15. The molecule has 0 amide bonds. The first-order valence-electron chi connectivity index (χ1n) is 10.4. The molecule has 0 spiro atoms. The van der Waals surface area contributed by atoms with E-state index >= 15 is 0 Å². The van der Waals surface area contributed by atoms with Gasteiger partial charge in [-0.2, -0.15) is 0 Å². The number of likely N-dealkylation sites (tertiary alicyclic amines) is 1. The second kappa shape index (κ2) is 9.60. The van der Waals surface area contributed by atoms with Gasteiger partial charge >= 0.3 is 0 Å². The topological polar surface area (TPSA) is 53.9 Å². The number of ether oxygens (including phenoxy) is 1. The van der Waals surface area contributed by atoms with Gasteiger partial charge in [0.2, 0.25) is 0 Å². The summed E-state index contributed by atoms with van der Waals surface area (Å²) in [5, 5.41) is 6.39. The summed E-state index contributed by atoms with van der Waals surface area (Å²) in [6.07, 6.45) is 8.40. The SMILES string of the molecule is CCCO[C@H]1CC[C@H](N2CCC(Nc3cc(C)c(F)cc3N=O)CC2)CC1. The molecule has 2 fully saturated rings. The Hall–Kier alpha value is -1.53. The van der Waals surface area contributed by atoms with Crippen molar-refractivity contribution in [2.75, 3.05) is 25.0 Å². The predicted molar refractivity (Wildman–Crippen MR) is 107 cm³/mol. The molecule has 0 aromatic heterocycles. The summed E-state index contributed by atoms with van der Waals surface area (Å²) in [5.41, 5.74) is 1.34. The average molecular weight is 378 g/mol. The molecule has 0 bridgehead atoms. The van der Waals surface area contributed by atoms with Crippen LogP contribution in [-0.4, -0.2) is 42.8 Å². The van der Waals surface area contributed by atoms with Gasteiger partial charge in [-0.15, -0.1) is 4.91 Å². The fraction of sp³-hybridized carbons (Fsp3) is 0.714. The van der Waals surface area contributed by atoms with Gasteiger partial charge in [0, 0.05) is 37.8 Å². The monoisotopic (exact) mass is 377 g/mol. The van der Waals surface area contributed by atoms with Crippen molar-refractivity contribution in [1.82, 2.24) is 4.90 Å². The zero-order valence-electron chi connectivity index (χ0n) is 16.5. The Kier molecular flexibility index (Phi) is 7.19. The molecule has 27 heavy (non-hydrogen) atoms. The summed E-state index contributed by atoms with van der Waals surface area (Å²) >= 11 is 0. The first-order chi connectivity index (χ1) is 13.1. The number of rotatable bonds is 7. The van der Waals surface area contributed by atoms with Gasteiger partial charge in [-0.25, -0.2) is 4.39 Å². The maximum Gasteiger partial charge on any atom is 0.134 e. The number of hydrogen-bond acceptors (Lipinski definition) is 5. The van der Waals surface area contributed by atoms with Crippen LogP contribution >= 0.6 is 0 Å². The van der Waals surface area contributed by atoms with E-state index in [1.54, 1.807) is 13.0 Å². The number of benzene rings is 1. The third-order valence-electron chi connectivity index (χ3n) is 5.98. The van der Waals surface area contributed by atoms with Crippen molar-refractivity contribution in [3.8, 4) is 0 Å². The minimum atomic E-state index is -0.386. The third-order valence-corrected chi connectivity index (χ3v) is 5.98. The highest BCUT2D eigenvalue weighted by Crippen LogP contribution is 2.31. The fourth-order valence-electron chi connectivity index (χ4n) is 4.35. The van der Waals surface area contributed by atoms with Gasteiger partial charge in [0.05, 0.1) is 11.8 Å². The highest BCUT2D eigenvalue weighted by molar-refractivity contribution is 5.67. The van der Waals surface area contributed by atoms with E-state index in [-0.39, 0.29) is 11.5 Å². The summed E-state index contributed by atoms with van der Waals surface area (Å²) in [6, 6.07) is 3.89. The second-order valence-electron chi connectivity index (χ2n) is 7.97. The van der Waals surface area contributed by atoms with Crippen LogP contribution in [0, 0.1) is 17.6 Å². The molecular formula is C21H32FN3O2. The van der Waals surface area contributed by atoms with Crippen molar-refractivity contribution in [3.05, 3.63) is 28.4 Å². The van der Waals surface area contributed by atoms with E-state index in [9.17, 15) is 9.30 Å². The van der Waals surface area contributed by atoms with Gasteiger partial charge < -0.3 is 15.0 Å². The number of nitrogens with zero attached hydrogens (tertiary/aromatic N) is 2. The Morgan fingerprint density at radius 3 is 2.52 bits per heavy atom. The maximum atomic E-state index is 13.6. The smallest absolute Gasteiger partial charge is 0.134 e. The van der Waals surface area contributed by atoms with E-state index in [4.69, 9.17) is 4.74 Å². The van der Waals surface area contributed by atoms with Gasteiger partial charge in [-0.05, 0) is 68.7 Å². The zero-order chi connectivity index (χ0) is 19.2. The highest BCUT2D eigenvalue weighted by Gasteiger charge is 2.29. The van der Waals surface area contributed by atoms with Crippen molar-refractivity contribution in [2.24, 2.45) is 5.18 Å². The zero-order valence-corrected chi connectivity index (χ0v) is 16.5. The highest BCUT2D eigenvalue weighted by atomic mass is 19.1. The number of nitrogens with one attached hydrogen (secondary N) is 1. The summed E-state index contributed by atoms with van der Waals surface area (Å²) in [7, 11) is 0. The molecule has 1 aliphatic carbocycles. The molecule has 1 saturated heterocycles. The van der Waals surface area contributed by atoms with Crippen LogP contribution in [0.3, 0.4) is 0 Å². The molecule has 1 aromatic carbocycles. The fourth-order valence-corrected chi connectivity index (χ4v) is 4.35. The number of piperidine rings is 1.